The molecule has 39 heavy (non-hydrogen) atoms. The number of carboxylic acids is 1. The van der Waals surface area contributed by atoms with E-state index in [1.807, 2.05) is 17.0 Å². The number of aromatic nitrogens is 1. The van der Waals surface area contributed by atoms with Crippen LogP contribution in [0.4, 0.5) is 17.6 Å². The van der Waals surface area contributed by atoms with E-state index in [2.05, 4.69) is 15.2 Å². The summed E-state index contributed by atoms with van der Waals surface area (Å²) in [5.74, 6) is -12.8. The monoisotopic (exact) mass is 553 g/mol. The summed E-state index contributed by atoms with van der Waals surface area (Å²) in [6, 6.07) is 5.57. The molecular weight excluding hydrogens is 530 g/mol. The normalized spacial score (nSPS) is 17.0. The smallest absolute Gasteiger partial charge is 0.305 e. The Bertz CT molecular complexity index is 1360. The second kappa shape index (κ2) is 12.2. The number of nitrogens with one attached hydrogen (secondary N) is 1. The second-order valence-corrected chi connectivity index (χ2v) is 8.84. The van der Waals surface area contributed by atoms with Gasteiger partial charge in [-0.25, -0.2) is 8.78 Å². The number of hydrogen-bond donors (Lipinski definition) is 2. The van der Waals surface area contributed by atoms with Crippen molar-refractivity contribution in [3.8, 4) is 5.75 Å². The van der Waals surface area contributed by atoms with Gasteiger partial charge in [-0.1, -0.05) is 17.3 Å². The average molecular weight is 553 g/mol. The summed E-state index contributed by atoms with van der Waals surface area (Å²) in [6.07, 6.45) is -0.876. The molecule has 2 aromatic carbocycles. The summed E-state index contributed by atoms with van der Waals surface area (Å²) < 4.78 is 70.0. The minimum Gasteiger partial charge on any atom is -0.481 e. The number of benzene rings is 2. The van der Waals surface area contributed by atoms with Gasteiger partial charge in [0.25, 0.3) is 0 Å². The molecule has 0 unspecified atom stereocenters. The fraction of sp³-hybridized carbons (Fsp3) is 0.360. The number of aliphatic carboxylic acids is 1. The van der Waals surface area contributed by atoms with E-state index >= 15 is 0 Å². The number of rotatable bonds is 10. The van der Waals surface area contributed by atoms with Crippen molar-refractivity contribution in [1.82, 2.24) is 15.4 Å². The van der Waals surface area contributed by atoms with Crippen molar-refractivity contribution >= 4 is 28.6 Å². The molecule has 0 bridgehead atoms. The summed E-state index contributed by atoms with van der Waals surface area (Å²) in [5, 5.41) is 16.4. The fourth-order valence-corrected chi connectivity index (χ4v) is 4.07. The molecule has 2 heterocycles. The van der Waals surface area contributed by atoms with Gasteiger partial charge in [0.1, 0.15) is 18.3 Å². The number of nitrogens with zero attached hydrogens (tertiary/aromatic N) is 2. The average Bonchev–Trinajstić information content (AvgIpc) is 3.15. The van der Waals surface area contributed by atoms with Crippen LogP contribution in [-0.4, -0.2) is 71.8 Å². The molecule has 1 aliphatic rings. The first-order chi connectivity index (χ1) is 18.6. The molecule has 2 atom stereocenters. The van der Waals surface area contributed by atoms with Crippen LogP contribution in [0.5, 0.6) is 5.75 Å². The standard InChI is InChI=1S/C25H23F4N3O7/c26-15-7-16(27)23(29)24(22(15)28)38-12-19(33)17(8-21(34)35)30-25(36)13-9-32(5-6-37-11-13)10-18-14-3-1-2-4-20(14)39-31-18/h1-4,7,13,17H,5-6,8-12H2,(H,30,36)(H,34,35)/t13-,17-/m0/s1. The number of ketones is 1. The Kier molecular flexibility index (Phi) is 8.76. The van der Waals surface area contributed by atoms with Gasteiger partial charge in [-0.05, 0) is 12.1 Å². The lowest BCUT2D eigenvalue weighted by Crippen LogP contribution is -2.48. The topological polar surface area (TPSA) is 131 Å². The highest BCUT2D eigenvalue weighted by Crippen LogP contribution is 2.26. The lowest BCUT2D eigenvalue weighted by molar-refractivity contribution is -0.141. The lowest BCUT2D eigenvalue weighted by atomic mass is 10.1. The number of carbonyl (C=O) groups excluding carboxylic acids is 2. The first-order valence-corrected chi connectivity index (χ1v) is 11.8. The molecule has 0 spiro atoms. The third-order valence-electron chi connectivity index (χ3n) is 6.06. The van der Waals surface area contributed by atoms with E-state index in [-0.39, 0.29) is 19.2 Å². The molecule has 1 saturated heterocycles. The van der Waals surface area contributed by atoms with Crippen molar-refractivity contribution in [1.29, 1.82) is 0 Å². The number of halogens is 4. The summed E-state index contributed by atoms with van der Waals surface area (Å²) in [6.45, 7) is 0.0734. The van der Waals surface area contributed by atoms with Crippen molar-refractivity contribution in [3.63, 3.8) is 0 Å². The van der Waals surface area contributed by atoms with Gasteiger partial charge in [0.15, 0.2) is 28.8 Å². The summed E-state index contributed by atoms with van der Waals surface area (Å²) in [7, 11) is 0. The molecule has 1 fully saturated rings. The Morgan fingerprint density at radius 3 is 2.59 bits per heavy atom. The zero-order chi connectivity index (χ0) is 28.1. The van der Waals surface area contributed by atoms with E-state index in [4.69, 9.17) is 9.26 Å². The highest BCUT2D eigenvalue weighted by atomic mass is 19.2. The number of Topliss-reactive ketones (excluding diaryl/α,β-unsaturated/α-hetero) is 1. The van der Waals surface area contributed by atoms with Gasteiger partial charge in [0.05, 0.1) is 25.6 Å². The molecule has 10 nitrogen and oxygen atoms in total. The number of amides is 1. The van der Waals surface area contributed by atoms with Crippen molar-refractivity contribution in [3.05, 3.63) is 59.3 Å². The number of fused-ring (bicyclic) bond motifs is 1. The number of carboxylic acid groups (broad SMARTS) is 1. The molecule has 1 amide bonds. The largest absolute Gasteiger partial charge is 0.481 e. The number of para-hydroxylation sites is 1. The van der Waals surface area contributed by atoms with E-state index in [1.54, 1.807) is 12.1 Å². The summed E-state index contributed by atoms with van der Waals surface area (Å²) >= 11 is 0. The molecule has 2 N–H and O–H groups in total. The third-order valence-corrected chi connectivity index (χ3v) is 6.06. The van der Waals surface area contributed by atoms with E-state index in [0.717, 1.165) is 5.39 Å². The maximum Gasteiger partial charge on any atom is 0.305 e. The number of hydrogen-bond acceptors (Lipinski definition) is 8. The maximum atomic E-state index is 13.8. The Morgan fingerprint density at radius 2 is 1.87 bits per heavy atom. The fourth-order valence-electron chi connectivity index (χ4n) is 4.07. The van der Waals surface area contributed by atoms with Crippen molar-refractivity contribution in [2.45, 2.75) is 19.0 Å². The van der Waals surface area contributed by atoms with Gasteiger partial charge in [-0.2, -0.15) is 8.78 Å². The van der Waals surface area contributed by atoms with Gasteiger partial charge in [0, 0.05) is 31.1 Å². The van der Waals surface area contributed by atoms with Gasteiger partial charge in [-0.3, -0.25) is 19.3 Å². The molecule has 0 aliphatic carbocycles. The predicted octanol–water partition coefficient (Wildman–Crippen LogP) is 2.44. The SMILES string of the molecule is O=C(O)C[C@H](NC(=O)[C@@H]1COCCN(Cc2noc3ccccc23)C1)C(=O)COc1c(F)c(F)cc(F)c1F. The Morgan fingerprint density at radius 1 is 1.15 bits per heavy atom. The zero-order valence-electron chi connectivity index (χ0n) is 20.3. The molecule has 1 aliphatic heterocycles. The molecule has 1 aromatic heterocycles. The van der Waals surface area contributed by atoms with E-state index in [1.165, 1.54) is 0 Å². The number of carbonyl (C=O) groups is 3. The van der Waals surface area contributed by atoms with Gasteiger partial charge in [0.2, 0.25) is 17.5 Å². The summed E-state index contributed by atoms with van der Waals surface area (Å²) in [4.78, 5) is 38.9. The molecule has 0 radical (unpaired) electrons. The van der Waals surface area contributed by atoms with Crippen LogP contribution in [0.15, 0.2) is 34.9 Å². The molecule has 3 aromatic rings. The van der Waals surface area contributed by atoms with Gasteiger partial charge >= 0.3 is 5.97 Å². The first kappa shape index (κ1) is 28.0. The minimum atomic E-state index is -1.86. The Balaban J connectivity index is 1.42. The zero-order valence-corrected chi connectivity index (χ0v) is 20.3. The molecular formula is C25H23F4N3O7. The van der Waals surface area contributed by atoms with Crippen LogP contribution in [-0.2, 0) is 25.7 Å². The summed E-state index contributed by atoms with van der Waals surface area (Å²) in [5.41, 5.74) is 1.25. The number of ether oxygens (including phenoxy) is 2. The third kappa shape index (κ3) is 6.70. The predicted molar refractivity (Wildman–Crippen MR) is 125 cm³/mol. The quantitative estimate of drug-likeness (QED) is 0.287. The van der Waals surface area contributed by atoms with Crippen LogP contribution in [0.25, 0.3) is 11.0 Å². The van der Waals surface area contributed by atoms with Gasteiger partial charge in [-0.15, -0.1) is 0 Å². The van der Waals surface area contributed by atoms with E-state index in [9.17, 15) is 37.1 Å². The maximum absolute atomic E-state index is 13.8. The van der Waals surface area contributed by atoms with Crippen LogP contribution in [0.2, 0.25) is 0 Å². The first-order valence-electron chi connectivity index (χ1n) is 11.8. The van der Waals surface area contributed by atoms with Crippen LogP contribution < -0.4 is 10.1 Å². The van der Waals surface area contributed by atoms with Crippen LogP contribution >= 0.6 is 0 Å². The van der Waals surface area contributed by atoms with Crippen molar-refractivity contribution in [2.24, 2.45) is 5.92 Å². The Labute approximate surface area is 218 Å². The minimum absolute atomic E-state index is 0.0225. The van der Waals surface area contributed by atoms with Crippen LogP contribution in [0.3, 0.4) is 0 Å². The highest BCUT2D eigenvalue weighted by molar-refractivity contribution is 5.93. The van der Waals surface area contributed by atoms with Crippen LogP contribution in [0.1, 0.15) is 12.1 Å². The molecule has 208 valence electrons. The van der Waals surface area contributed by atoms with Crippen molar-refractivity contribution in [2.75, 3.05) is 32.9 Å². The Hall–Kier alpha value is -4.04. The molecule has 14 heteroatoms. The molecule has 4 rings (SSSR count). The van der Waals surface area contributed by atoms with E-state index in [0.29, 0.717) is 31.0 Å². The van der Waals surface area contributed by atoms with Gasteiger partial charge < -0.3 is 24.4 Å². The molecule has 0 saturated carbocycles. The van der Waals surface area contributed by atoms with E-state index < -0.39 is 71.7 Å². The van der Waals surface area contributed by atoms with Crippen LogP contribution in [0, 0.1) is 29.2 Å². The highest BCUT2D eigenvalue weighted by Gasteiger charge is 2.31. The van der Waals surface area contributed by atoms with Crippen molar-refractivity contribution < 1.29 is 51.0 Å². The lowest BCUT2D eigenvalue weighted by Gasteiger charge is -2.24. The second-order valence-electron chi connectivity index (χ2n) is 8.84.